The lowest BCUT2D eigenvalue weighted by Gasteiger charge is -2.05. The Morgan fingerprint density at radius 2 is 2.04 bits per heavy atom. The van der Waals surface area contributed by atoms with E-state index in [4.69, 9.17) is 0 Å². The summed E-state index contributed by atoms with van der Waals surface area (Å²) in [6.07, 6.45) is 5.19. The number of hydrogen-bond donors (Lipinski definition) is 0. The van der Waals surface area contributed by atoms with Crippen LogP contribution in [0.3, 0.4) is 0 Å². The highest BCUT2D eigenvalue weighted by atomic mass is 16.3. The maximum Gasteiger partial charge on any atom is 0.116 e. The molecule has 0 spiro atoms. The van der Waals surface area contributed by atoms with Crippen LogP contribution < -0.4 is 0 Å². The maximum absolute atomic E-state index is 10.9. The van der Waals surface area contributed by atoms with Gasteiger partial charge < -0.3 is 0 Å². The van der Waals surface area contributed by atoms with Crippen molar-refractivity contribution in [1.29, 1.82) is 0 Å². The first-order valence-electron chi connectivity index (χ1n) is 7.39. The molecule has 116 valence electrons. The highest BCUT2D eigenvalue weighted by molar-refractivity contribution is 5.80. The third-order valence-electron chi connectivity index (χ3n) is 3.56. The van der Waals surface area contributed by atoms with Crippen LogP contribution in [0.2, 0.25) is 0 Å². The molecule has 1 aromatic carbocycles. The minimum atomic E-state index is 0.220. The topological polar surface area (TPSA) is 73.0 Å². The first kappa shape index (κ1) is 15.0. The van der Waals surface area contributed by atoms with Crippen molar-refractivity contribution in [3.8, 4) is 22.5 Å². The summed E-state index contributed by atoms with van der Waals surface area (Å²) in [5, 5.41) is 7.74. The first-order valence-corrected chi connectivity index (χ1v) is 7.39. The third kappa shape index (κ3) is 3.01. The average molecular weight is 307 g/mol. The van der Waals surface area contributed by atoms with Crippen molar-refractivity contribution in [1.82, 2.24) is 19.7 Å². The molecule has 0 radical (unpaired) electrons. The van der Waals surface area contributed by atoms with Gasteiger partial charge in [0.25, 0.3) is 0 Å². The number of hydrogen-bond acceptors (Lipinski definition) is 5. The molecule has 6 heteroatoms. The number of rotatable bonds is 4. The monoisotopic (exact) mass is 307 g/mol. The zero-order chi connectivity index (χ0) is 16.4. The molecule has 0 atom stereocenters. The van der Waals surface area contributed by atoms with E-state index in [0.717, 1.165) is 28.1 Å². The Labute approximate surface area is 134 Å². The van der Waals surface area contributed by atoms with Gasteiger partial charge in [0.1, 0.15) is 17.7 Å². The molecule has 2 aromatic heterocycles. The quantitative estimate of drug-likeness (QED) is 0.674. The minimum absolute atomic E-state index is 0.220. The summed E-state index contributed by atoms with van der Waals surface area (Å²) in [5.41, 5.74) is 4.70. The van der Waals surface area contributed by atoms with Gasteiger partial charge in [0.15, 0.2) is 0 Å². The van der Waals surface area contributed by atoms with Crippen LogP contribution in [0.25, 0.3) is 22.5 Å². The van der Waals surface area contributed by atoms with E-state index in [0.29, 0.717) is 5.69 Å². The van der Waals surface area contributed by atoms with Crippen LogP contribution in [0.15, 0.2) is 48.2 Å². The Kier molecular flexibility index (Phi) is 3.97. The molecule has 0 aliphatic carbocycles. The molecule has 23 heavy (non-hydrogen) atoms. The third-order valence-corrected chi connectivity index (χ3v) is 3.56. The van der Waals surface area contributed by atoms with E-state index in [1.54, 1.807) is 18.3 Å². The van der Waals surface area contributed by atoms with Gasteiger partial charge in [0, 0.05) is 29.6 Å². The van der Waals surface area contributed by atoms with Gasteiger partial charge in [-0.1, -0.05) is 0 Å². The summed E-state index contributed by atoms with van der Waals surface area (Å²) in [5.74, 6) is 0. The second-order valence-corrected chi connectivity index (χ2v) is 5.71. The fourth-order valence-electron chi connectivity index (χ4n) is 2.46. The molecule has 0 saturated carbocycles. The van der Waals surface area contributed by atoms with Crippen molar-refractivity contribution in [2.75, 3.05) is 0 Å². The van der Waals surface area contributed by atoms with Crippen LogP contribution in [0, 0.1) is 11.8 Å². The normalized spacial score (nSPS) is 11.0. The van der Waals surface area contributed by atoms with Gasteiger partial charge in [-0.15, -0.1) is 4.91 Å². The average Bonchev–Trinajstić information content (AvgIpc) is 3.00. The SMILES string of the molecule is Cc1cc(N=O)cc(-c2nn(C(C)C)cc2-c2ccncn2)c1. The van der Waals surface area contributed by atoms with E-state index >= 15 is 0 Å². The highest BCUT2D eigenvalue weighted by Crippen LogP contribution is 2.33. The van der Waals surface area contributed by atoms with E-state index in [-0.39, 0.29) is 6.04 Å². The highest BCUT2D eigenvalue weighted by Gasteiger charge is 2.16. The Morgan fingerprint density at radius 3 is 2.70 bits per heavy atom. The maximum atomic E-state index is 10.9. The van der Waals surface area contributed by atoms with E-state index in [1.807, 2.05) is 29.9 Å². The first-order chi connectivity index (χ1) is 11.1. The molecule has 3 rings (SSSR count). The molecule has 6 nitrogen and oxygen atoms in total. The zero-order valence-electron chi connectivity index (χ0n) is 13.3. The van der Waals surface area contributed by atoms with Crippen LogP contribution in [-0.2, 0) is 0 Å². The van der Waals surface area contributed by atoms with Crippen molar-refractivity contribution >= 4 is 5.69 Å². The fraction of sp³-hybridized carbons (Fsp3) is 0.235. The zero-order valence-corrected chi connectivity index (χ0v) is 13.3. The largest absolute Gasteiger partial charge is 0.269 e. The van der Waals surface area contributed by atoms with E-state index in [2.05, 4.69) is 34.1 Å². The molecule has 0 aliphatic rings. The van der Waals surface area contributed by atoms with Crippen molar-refractivity contribution in [2.24, 2.45) is 5.18 Å². The molecule has 0 unspecified atom stereocenters. The van der Waals surface area contributed by atoms with Crippen LogP contribution in [0.5, 0.6) is 0 Å². The molecular formula is C17H17N5O. The summed E-state index contributed by atoms with van der Waals surface area (Å²) in [6.45, 7) is 6.06. The van der Waals surface area contributed by atoms with E-state index < -0.39 is 0 Å². The lowest BCUT2D eigenvalue weighted by molar-refractivity contribution is 0.534. The van der Waals surface area contributed by atoms with Gasteiger partial charge >= 0.3 is 0 Å². The summed E-state index contributed by atoms with van der Waals surface area (Å²) in [4.78, 5) is 19.2. The number of benzene rings is 1. The molecule has 0 aliphatic heterocycles. The molecule has 0 fully saturated rings. The van der Waals surface area contributed by atoms with Crippen molar-refractivity contribution in [3.05, 3.63) is 53.5 Å². The molecule has 2 heterocycles. The smallest absolute Gasteiger partial charge is 0.116 e. The second kappa shape index (κ2) is 6.08. The Morgan fingerprint density at radius 1 is 1.22 bits per heavy atom. The molecule has 0 bridgehead atoms. The summed E-state index contributed by atoms with van der Waals surface area (Å²) in [6, 6.07) is 7.56. The predicted molar refractivity (Wildman–Crippen MR) is 89.3 cm³/mol. The van der Waals surface area contributed by atoms with Crippen molar-refractivity contribution in [3.63, 3.8) is 0 Å². The number of nitroso groups, excluding NO2 is 1. The molecule has 3 aromatic rings. The predicted octanol–water partition coefficient (Wildman–Crippen LogP) is 4.29. The Balaban J connectivity index is 2.22. The standard InChI is InChI=1S/C17H17N5O/c1-11(2)22-9-15(16-4-5-18-10-19-16)17(20-22)13-6-12(3)7-14(8-13)21-23/h4-11H,1-3H3. The Hall–Kier alpha value is -2.89. The summed E-state index contributed by atoms with van der Waals surface area (Å²) in [7, 11) is 0. The molecular weight excluding hydrogens is 290 g/mol. The lowest BCUT2D eigenvalue weighted by Crippen LogP contribution is -2.00. The van der Waals surface area contributed by atoms with Gasteiger partial charge in [-0.05, 0) is 55.8 Å². The van der Waals surface area contributed by atoms with Crippen molar-refractivity contribution in [2.45, 2.75) is 26.8 Å². The number of nitrogens with zero attached hydrogens (tertiary/aromatic N) is 5. The van der Waals surface area contributed by atoms with Gasteiger partial charge in [0.05, 0.1) is 5.69 Å². The fourth-order valence-corrected chi connectivity index (χ4v) is 2.46. The van der Waals surface area contributed by atoms with Crippen LogP contribution >= 0.6 is 0 Å². The summed E-state index contributed by atoms with van der Waals surface area (Å²) >= 11 is 0. The summed E-state index contributed by atoms with van der Waals surface area (Å²) < 4.78 is 1.89. The number of aromatic nitrogens is 4. The van der Waals surface area contributed by atoms with Crippen LogP contribution in [0.1, 0.15) is 25.5 Å². The molecule has 0 N–H and O–H groups in total. The van der Waals surface area contributed by atoms with Crippen LogP contribution in [0.4, 0.5) is 5.69 Å². The van der Waals surface area contributed by atoms with Gasteiger partial charge in [-0.2, -0.15) is 5.10 Å². The van der Waals surface area contributed by atoms with E-state index in [9.17, 15) is 4.91 Å². The van der Waals surface area contributed by atoms with Crippen molar-refractivity contribution < 1.29 is 0 Å². The second-order valence-electron chi connectivity index (χ2n) is 5.71. The molecule has 0 amide bonds. The van der Waals surface area contributed by atoms with Gasteiger partial charge in [0.2, 0.25) is 0 Å². The lowest BCUT2D eigenvalue weighted by atomic mass is 10.0. The van der Waals surface area contributed by atoms with E-state index in [1.165, 1.54) is 6.33 Å². The number of aryl methyl sites for hydroxylation is 1. The Bertz CT molecular complexity index is 839. The van der Waals surface area contributed by atoms with Gasteiger partial charge in [-0.3, -0.25) is 4.68 Å². The molecule has 0 saturated heterocycles. The van der Waals surface area contributed by atoms with Gasteiger partial charge in [-0.25, -0.2) is 9.97 Å². The van der Waals surface area contributed by atoms with Crippen LogP contribution in [-0.4, -0.2) is 19.7 Å². The minimum Gasteiger partial charge on any atom is -0.269 e.